The molecule has 0 fully saturated rings. The molecule has 30 heavy (non-hydrogen) atoms. The molecule has 4 rings (SSSR count). The van der Waals surface area contributed by atoms with Crippen LogP contribution in [0.4, 0.5) is 18.3 Å². The van der Waals surface area contributed by atoms with Gasteiger partial charge in [0.2, 0.25) is 0 Å². The van der Waals surface area contributed by atoms with Crippen LogP contribution in [0.25, 0.3) is 16.3 Å². The number of para-hydroxylation sites is 1. The molecule has 3 aromatic heterocycles. The topological polar surface area (TPSA) is 59.8 Å². The zero-order chi connectivity index (χ0) is 21.5. The van der Waals surface area contributed by atoms with Gasteiger partial charge in [-0.15, -0.1) is 22.7 Å². The van der Waals surface area contributed by atoms with Gasteiger partial charge >= 0.3 is 6.18 Å². The Morgan fingerprint density at radius 2 is 1.90 bits per heavy atom. The summed E-state index contributed by atoms with van der Waals surface area (Å²) >= 11 is 2.70. The van der Waals surface area contributed by atoms with E-state index in [0.29, 0.717) is 11.3 Å². The molecule has 10 heteroatoms. The molecular formula is C20H15F3N4OS2. The number of aromatic nitrogens is 3. The van der Waals surface area contributed by atoms with Gasteiger partial charge in [-0.25, -0.2) is 9.67 Å². The van der Waals surface area contributed by atoms with Crippen LogP contribution < -0.4 is 5.32 Å². The van der Waals surface area contributed by atoms with Gasteiger partial charge in [-0.1, -0.05) is 18.2 Å². The maximum Gasteiger partial charge on any atom is 0.434 e. The van der Waals surface area contributed by atoms with E-state index in [1.54, 1.807) is 41.8 Å². The molecule has 0 bridgehead atoms. The monoisotopic (exact) mass is 448 g/mol. The average Bonchev–Trinajstić information content (AvgIpc) is 3.40. The fourth-order valence-corrected chi connectivity index (χ4v) is 4.56. The molecule has 1 amide bonds. The number of halogens is 3. The van der Waals surface area contributed by atoms with Gasteiger partial charge < -0.3 is 0 Å². The van der Waals surface area contributed by atoms with Crippen molar-refractivity contribution >= 4 is 33.7 Å². The maximum absolute atomic E-state index is 13.8. The summed E-state index contributed by atoms with van der Waals surface area (Å²) in [6.45, 7) is 3.65. The third-order valence-corrected chi connectivity index (χ3v) is 6.12. The molecule has 0 aliphatic heterocycles. The van der Waals surface area contributed by atoms with Gasteiger partial charge in [-0.3, -0.25) is 10.1 Å². The SMILES string of the molecule is Cc1ccc(-c2csc(NC(=O)c3cnn(-c4ccccc4C)c3C(F)(F)F)n2)s1. The van der Waals surface area contributed by atoms with E-state index in [1.165, 1.54) is 6.07 Å². The van der Waals surface area contributed by atoms with Crippen molar-refractivity contribution in [2.24, 2.45) is 0 Å². The van der Waals surface area contributed by atoms with Gasteiger partial charge in [0, 0.05) is 10.3 Å². The molecule has 1 aromatic carbocycles. The fraction of sp³-hybridized carbons (Fsp3) is 0.150. The summed E-state index contributed by atoms with van der Waals surface area (Å²) in [6, 6.07) is 10.4. The summed E-state index contributed by atoms with van der Waals surface area (Å²) < 4.78 is 42.3. The lowest BCUT2D eigenvalue weighted by molar-refractivity contribution is -0.143. The zero-order valence-electron chi connectivity index (χ0n) is 15.8. The second-order valence-electron chi connectivity index (χ2n) is 6.51. The normalized spacial score (nSPS) is 11.6. The molecule has 0 unspecified atom stereocenters. The van der Waals surface area contributed by atoms with Crippen LogP contribution >= 0.6 is 22.7 Å². The number of benzene rings is 1. The number of hydrogen-bond acceptors (Lipinski definition) is 5. The van der Waals surface area contributed by atoms with Gasteiger partial charge in [0.25, 0.3) is 5.91 Å². The number of rotatable bonds is 4. The minimum Gasteiger partial charge on any atom is -0.298 e. The van der Waals surface area contributed by atoms with Crippen molar-refractivity contribution in [1.82, 2.24) is 14.8 Å². The Labute approximate surface area is 177 Å². The molecule has 0 saturated heterocycles. The van der Waals surface area contributed by atoms with E-state index in [1.807, 2.05) is 19.1 Å². The minimum absolute atomic E-state index is 0.220. The number of carbonyl (C=O) groups is 1. The van der Waals surface area contributed by atoms with Gasteiger partial charge in [0.05, 0.1) is 28.0 Å². The highest BCUT2D eigenvalue weighted by molar-refractivity contribution is 7.17. The molecule has 0 atom stereocenters. The number of carbonyl (C=O) groups excluding carboxylic acids is 1. The van der Waals surface area contributed by atoms with Crippen molar-refractivity contribution in [2.45, 2.75) is 20.0 Å². The Kier molecular flexibility index (Phi) is 5.20. The van der Waals surface area contributed by atoms with E-state index in [9.17, 15) is 18.0 Å². The van der Waals surface area contributed by atoms with E-state index in [2.05, 4.69) is 15.4 Å². The molecule has 0 radical (unpaired) electrons. The molecule has 0 saturated carbocycles. The number of thiazole rings is 1. The van der Waals surface area contributed by atoms with Crippen LogP contribution in [-0.2, 0) is 6.18 Å². The minimum atomic E-state index is -4.77. The number of amides is 1. The average molecular weight is 448 g/mol. The van der Waals surface area contributed by atoms with Crippen molar-refractivity contribution < 1.29 is 18.0 Å². The summed E-state index contributed by atoms with van der Waals surface area (Å²) in [5.74, 6) is -0.912. The first-order valence-corrected chi connectivity index (χ1v) is 10.5. The Morgan fingerprint density at radius 1 is 1.13 bits per heavy atom. The fourth-order valence-electron chi connectivity index (χ4n) is 2.95. The summed E-state index contributed by atoms with van der Waals surface area (Å²) in [5, 5.41) is 8.29. The number of nitrogens with one attached hydrogen (secondary N) is 1. The van der Waals surface area contributed by atoms with E-state index in [4.69, 9.17) is 0 Å². The van der Waals surface area contributed by atoms with Crippen LogP contribution in [0.1, 0.15) is 26.5 Å². The predicted molar refractivity (Wildman–Crippen MR) is 111 cm³/mol. The molecular weight excluding hydrogens is 433 g/mol. The molecule has 4 aromatic rings. The van der Waals surface area contributed by atoms with Gasteiger partial charge in [0.1, 0.15) is 0 Å². The summed E-state index contributed by atoms with van der Waals surface area (Å²) in [7, 11) is 0. The van der Waals surface area contributed by atoms with Crippen LogP contribution in [0.5, 0.6) is 0 Å². The Bertz CT molecular complexity index is 1220. The van der Waals surface area contributed by atoms with E-state index in [-0.39, 0.29) is 10.8 Å². The number of alkyl halides is 3. The summed E-state index contributed by atoms with van der Waals surface area (Å²) in [6.07, 6.45) is -3.84. The number of anilines is 1. The molecule has 154 valence electrons. The van der Waals surface area contributed by atoms with E-state index in [0.717, 1.165) is 32.0 Å². The van der Waals surface area contributed by atoms with Crippen molar-refractivity contribution in [3.63, 3.8) is 0 Å². The van der Waals surface area contributed by atoms with Crippen LogP contribution in [-0.4, -0.2) is 20.7 Å². The third kappa shape index (κ3) is 3.88. The number of thiophene rings is 1. The maximum atomic E-state index is 13.8. The lowest BCUT2D eigenvalue weighted by Gasteiger charge is -2.14. The Hall–Kier alpha value is -2.98. The Balaban J connectivity index is 1.67. The lowest BCUT2D eigenvalue weighted by atomic mass is 10.2. The van der Waals surface area contributed by atoms with Crippen molar-refractivity contribution in [1.29, 1.82) is 0 Å². The van der Waals surface area contributed by atoms with Gasteiger partial charge in [-0.2, -0.15) is 18.3 Å². The first kappa shape index (κ1) is 20.3. The molecule has 0 spiro atoms. The van der Waals surface area contributed by atoms with E-state index < -0.39 is 23.3 Å². The summed E-state index contributed by atoms with van der Waals surface area (Å²) in [5.41, 5.74) is -0.156. The Morgan fingerprint density at radius 3 is 2.57 bits per heavy atom. The standard InChI is InChI=1S/C20H15F3N4OS2/c1-11-5-3-4-6-15(11)27-17(20(21,22)23)13(9-24-27)18(28)26-19-25-14(10-29-19)16-8-7-12(2)30-16/h3-10H,1-2H3,(H,25,26,28). The first-order chi connectivity index (χ1) is 14.2. The molecule has 1 N–H and O–H groups in total. The second kappa shape index (κ2) is 7.69. The van der Waals surface area contributed by atoms with Crippen LogP contribution in [0.2, 0.25) is 0 Å². The number of hydrogen-bond donors (Lipinski definition) is 1. The first-order valence-electron chi connectivity index (χ1n) is 8.79. The highest BCUT2D eigenvalue weighted by Crippen LogP contribution is 2.35. The smallest absolute Gasteiger partial charge is 0.298 e. The van der Waals surface area contributed by atoms with Crippen molar-refractivity contribution in [3.8, 4) is 16.3 Å². The van der Waals surface area contributed by atoms with Gasteiger partial charge in [0.15, 0.2) is 10.8 Å². The van der Waals surface area contributed by atoms with Gasteiger partial charge in [-0.05, 0) is 37.6 Å². The predicted octanol–water partition coefficient (Wildman–Crippen LogP) is 5.95. The van der Waals surface area contributed by atoms with Crippen LogP contribution in [0.3, 0.4) is 0 Å². The number of aryl methyl sites for hydroxylation is 2. The molecule has 0 aliphatic rings. The van der Waals surface area contributed by atoms with E-state index >= 15 is 0 Å². The second-order valence-corrected chi connectivity index (χ2v) is 8.65. The van der Waals surface area contributed by atoms with Crippen LogP contribution in [0.15, 0.2) is 48.0 Å². The van der Waals surface area contributed by atoms with Crippen molar-refractivity contribution in [3.05, 3.63) is 69.7 Å². The van der Waals surface area contributed by atoms with Crippen LogP contribution in [0, 0.1) is 13.8 Å². The highest BCUT2D eigenvalue weighted by Gasteiger charge is 2.41. The highest BCUT2D eigenvalue weighted by atomic mass is 32.1. The number of nitrogens with zero attached hydrogens (tertiary/aromatic N) is 3. The molecule has 0 aliphatic carbocycles. The quantitative estimate of drug-likeness (QED) is 0.420. The van der Waals surface area contributed by atoms with Crippen molar-refractivity contribution in [2.75, 3.05) is 5.32 Å². The third-order valence-electron chi connectivity index (χ3n) is 4.34. The largest absolute Gasteiger partial charge is 0.434 e. The summed E-state index contributed by atoms with van der Waals surface area (Å²) in [4.78, 5) is 19.0. The molecule has 5 nitrogen and oxygen atoms in total. The zero-order valence-corrected chi connectivity index (χ0v) is 17.5. The lowest BCUT2D eigenvalue weighted by Crippen LogP contribution is -2.21. The molecule has 3 heterocycles.